The molecule has 2 atom stereocenters. The smallest absolute Gasteiger partial charge is 0.261 e. The minimum absolute atomic E-state index is 0.0285. The van der Waals surface area contributed by atoms with Gasteiger partial charge in [-0.3, -0.25) is 0 Å². The quantitative estimate of drug-likeness (QED) is 0.113. The van der Waals surface area contributed by atoms with Crippen LogP contribution >= 0.6 is 0 Å². The van der Waals surface area contributed by atoms with Gasteiger partial charge in [-0.2, -0.15) is 0 Å². The number of phenolic OH excluding ortho intramolecular Hbond substituents is 1. The van der Waals surface area contributed by atoms with E-state index in [1.54, 1.807) is 6.07 Å². The van der Waals surface area contributed by atoms with E-state index in [0.717, 1.165) is 32.7 Å². The van der Waals surface area contributed by atoms with Crippen LogP contribution < -0.4 is 10.4 Å². The summed E-state index contributed by atoms with van der Waals surface area (Å²) in [6.07, 6.45) is 2.68. The maximum atomic E-state index is 14.2. The number of hydrogen-bond acceptors (Lipinski definition) is 5. The van der Waals surface area contributed by atoms with Crippen molar-refractivity contribution in [3.63, 3.8) is 0 Å². The number of allylic oxidation sites excluding steroid dienone is 1. The third kappa shape index (κ3) is 6.65. The molecule has 2 aliphatic heterocycles. The van der Waals surface area contributed by atoms with Crippen molar-refractivity contribution in [1.29, 1.82) is 0 Å². The molecule has 0 aliphatic carbocycles. The lowest BCUT2D eigenvalue weighted by molar-refractivity contribution is 0.118. The number of phenols is 1. The monoisotopic (exact) mass is 668 g/mol. The van der Waals surface area contributed by atoms with E-state index in [1.165, 1.54) is 12.1 Å². The lowest BCUT2D eigenvalue weighted by Crippen LogP contribution is -2.66. The minimum atomic E-state index is -3.43. The molecule has 2 aliphatic rings. The highest BCUT2D eigenvalue weighted by atomic mass is 32.2. The average Bonchev–Trinajstić information content (AvgIpc) is 3.60. The summed E-state index contributed by atoms with van der Waals surface area (Å²) in [4.78, 5) is 0. The van der Waals surface area contributed by atoms with E-state index in [0.29, 0.717) is 18.4 Å². The van der Waals surface area contributed by atoms with Gasteiger partial charge in [0, 0.05) is 0 Å². The Kier molecular flexibility index (Phi) is 9.40. The molecule has 4 aromatic carbocycles. The molecule has 0 bridgehead atoms. The predicted octanol–water partition coefficient (Wildman–Crippen LogP) is 6.92. The van der Waals surface area contributed by atoms with Crippen LogP contribution in [0.1, 0.15) is 44.7 Å². The van der Waals surface area contributed by atoms with Crippen molar-refractivity contribution in [2.24, 2.45) is 0 Å². The molecule has 0 aromatic heterocycles. The second-order valence-corrected chi connectivity index (χ2v) is 19.9. The summed E-state index contributed by atoms with van der Waals surface area (Å²) in [5, 5.41) is 11.1. The molecule has 0 saturated carbocycles. The van der Waals surface area contributed by atoms with Gasteiger partial charge < -0.3 is 14.3 Å². The molecule has 6 rings (SSSR count). The minimum Gasteiger partial charge on any atom is -0.505 e. The summed E-state index contributed by atoms with van der Waals surface area (Å²) in [5.74, 6) is -1.10. The first kappa shape index (κ1) is 33.1. The Balaban J connectivity index is 1.33. The van der Waals surface area contributed by atoms with Crippen LogP contribution in [0.25, 0.3) is 11.6 Å². The Morgan fingerprint density at radius 3 is 2.11 bits per heavy atom. The molecular formula is C39H41FO5SSi. The first-order valence-corrected chi connectivity index (χ1v) is 19.7. The number of benzene rings is 4. The van der Waals surface area contributed by atoms with Gasteiger partial charge in [0.2, 0.25) is 0 Å². The van der Waals surface area contributed by atoms with Gasteiger partial charge in [-0.15, -0.1) is 0 Å². The average molecular weight is 669 g/mol. The maximum absolute atomic E-state index is 14.2. The van der Waals surface area contributed by atoms with Crippen molar-refractivity contribution in [2.45, 2.75) is 50.0 Å². The summed E-state index contributed by atoms with van der Waals surface area (Å²) >= 11 is 0. The summed E-state index contributed by atoms with van der Waals surface area (Å²) in [6, 6.07) is 34.9. The molecule has 47 heavy (non-hydrogen) atoms. The maximum Gasteiger partial charge on any atom is 0.261 e. The van der Waals surface area contributed by atoms with E-state index in [2.05, 4.69) is 45.0 Å². The molecule has 2 heterocycles. The van der Waals surface area contributed by atoms with Crippen LogP contribution in [0.5, 0.6) is 5.75 Å². The lowest BCUT2D eigenvalue weighted by atomic mass is 9.93. The van der Waals surface area contributed by atoms with Gasteiger partial charge in [-0.05, 0) is 68.2 Å². The van der Waals surface area contributed by atoms with E-state index in [9.17, 15) is 17.9 Å². The van der Waals surface area contributed by atoms with Crippen LogP contribution in [0.15, 0.2) is 120 Å². The van der Waals surface area contributed by atoms with Crippen LogP contribution in [0.2, 0.25) is 5.04 Å². The molecule has 0 unspecified atom stereocenters. The Morgan fingerprint density at radius 1 is 0.936 bits per heavy atom. The number of sulfone groups is 1. The molecule has 0 amide bonds. The fraction of sp³-hybridized carbons (Fsp3) is 0.282. The van der Waals surface area contributed by atoms with Crippen molar-refractivity contribution in [3.05, 3.63) is 137 Å². The number of rotatable bonds is 10. The zero-order valence-corrected chi connectivity index (χ0v) is 28.8. The molecule has 8 heteroatoms. The number of halogens is 1. The van der Waals surface area contributed by atoms with Gasteiger partial charge in [0.05, 0.1) is 25.1 Å². The van der Waals surface area contributed by atoms with Gasteiger partial charge in [0.15, 0.2) is 21.4 Å². The Morgan fingerprint density at radius 2 is 1.53 bits per heavy atom. The highest BCUT2D eigenvalue weighted by Crippen LogP contribution is 2.42. The zero-order valence-electron chi connectivity index (χ0n) is 27.0. The number of aromatic hydroxyl groups is 1. The fourth-order valence-corrected chi connectivity index (χ4v) is 13.6. The topological polar surface area (TPSA) is 72.8 Å². The van der Waals surface area contributed by atoms with Crippen molar-refractivity contribution in [3.8, 4) is 5.75 Å². The second-order valence-electron chi connectivity index (χ2n) is 13.4. The van der Waals surface area contributed by atoms with E-state index in [4.69, 9.17) is 9.16 Å². The van der Waals surface area contributed by atoms with Crippen molar-refractivity contribution < 1.29 is 27.1 Å². The predicted molar refractivity (Wildman–Crippen MR) is 190 cm³/mol. The summed E-state index contributed by atoms with van der Waals surface area (Å²) in [7, 11) is -6.32. The highest BCUT2D eigenvalue weighted by Gasteiger charge is 2.52. The molecule has 5 nitrogen and oxygen atoms in total. The Hall–Kier alpha value is -3.82. The largest absolute Gasteiger partial charge is 0.505 e. The molecule has 1 fully saturated rings. The summed E-state index contributed by atoms with van der Waals surface area (Å²) in [5.41, 5.74) is 4.22. The second kappa shape index (κ2) is 13.4. The van der Waals surface area contributed by atoms with Crippen LogP contribution in [0.4, 0.5) is 4.39 Å². The molecule has 0 spiro atoms. The molecule has 1 saturated heterocycles. The van der Waals surface area contributed by atoms with Gasteiger partial charge in [0.1, 0.15) is 5.25 Å². The number of hydrogen-bond donors (Lipinski definition) is 1. The van der Waals surface area contributed by atoms with Crippen molar-refractivity contribution >= 4 is 40.2 Å². The first-order valence-electron chi connectivity index (χ1n) is 16.0. The first-order chi connectivity index (χ1) is 22.5. The summed E-state index contributed by atoms with van der Waals surface area (Å²) < 4.78 is 54.6. The zero-order chi connectivity index (χ0) is 33.2. The molecule has 4 aromatic rings. The molecule has 1 N–H and O–H groups in total. The van der Waals surface area contributed by atoms with Crippen molar-refractivity contribution in [2.75, 3.05) is 19.0 Å². The third-order valence-corrected chi connectivity index (χ3v) is 16.4. The van der Waals surface area contributed by atoms with Gasteiger partial charge in [0.25, 0.3) is 8.32 Å². The fourth-order valence-electron chi connectivity index (χ4n) is 7.14. The molecule has 244 valence electrons. The normalized spacial score (nSPS) is 19.6. The van der Waals surface area contributed by atoms with Crippen LogP contribution in [-0.2, 0) is 19.0 Å². The van der Waals surface area contributed by atoms with Gasteiger partial charge in [-0.1, -0.05) is 124 Å². The summed E-state index contributed by atoms with van der Waals surface area (Å²) in [6.45, 7) is 6.99. The number of fused-ring (bicyclic) bond motifs is 1. The SMILES string of the molecule is CC(C)(C)[Si](OCC1=C2[C@@H](CC/C(=C/c3ccc(O)c(F)c3)c3ccccc3)OC[C@@H]2S(=O)(=O)C1)(c1ccccc1)c1ccccc1. The standard InChI is InChI=1S/C39H41FO5SSi/c1-39(2,3)47(32-15-9-5-10-16-32,33-17-11-6-12-18-33)45-25-31-27-46(42,43)37-26-44-36(38(31)37)22-20-30(29-13-7-4-8-14-29)23-28-19-21-35(41)34(40)24-28/h4-19,21,23-24,36-37,41H,20,22,25-27H2,1-3H3/b30-23-/t36-,37+/m1/s1. The van der Waals surface area contributed by atoms with Gasteiger partial charge >= 0.3 is 0 Å². The van der Waals surface area contributed by atoms with E-state index in [-0.39, 0.29) is 30.1 Å². The van der Waals surface area contributed by atoms with Crippen molar-refractivity contribution in [1.82, 2.24) is 0 Å². The molecule has 0 radical (unpaired) electrons. The van der Waals surface area contributed by atoms with Crippen LogP contribution in [0, 0.1) is 5.82 Å². The molecular weight excluding hydrogens is 628 g/mol. The third-order valence-electron chi connectivity index (χ3n) is 9.37. The van der Waals surface area contributed by atoms with E-state index < -0.39 is 35.0 Å². The van der Waals surface area contributed by atoms with Gasteiger partial charge in [-0.25, -0.2) is 12.8 Å². The number of ether oxygens (including phenoxy) is 1. The Bertz CT molecular complexity index is 1840. The van der Waals surface area contributed by atoms with Crippen LogP contribution in [0.3, 0.4) is 0 Å². The van der Waals surface area contributed by atoms with Crippen LogP contribution in [-0.4, -0.2) is 52.2 Å². The van der Waals surface area contributed by atoms with E-state index >= 15 is 0 Å². The lowest BCUT2D eigenvalue weighted by Gasteiger charge is -2.43. The highest BCUT2D eigenvalue weighted by molar-refractivity contribution is 7.92. The Labute approximate surface area is 278 Å². The van der Waals surface area contributed by atoms with E-state index in [1.807, 2.05) is 72.8 Å².